The zero-order valence-corrected chi connectivity index (χ0v) is 14.7. The van der Waals surface area contributed by atoms with E-state index in [0.29, 0.717) is 6.42 Å². The van der Waals surface area contributed by atoms with Gasteiger partial charge in [0, 0.05) is 17.9 Å². The third-order valence-electron chi connectivity index (χ3n) is 4.01. The van der Waals surface area contributed by atoms with Gasteiger partial charge in [-0.25, -0.2) is 0 Å². The molecule has 3 heteroatoms. The van der Waals surface area contributed by atoms with Gasteiger partial charge in [-0.2, -0.15) is 0 Å². The number of benzene rings is 2. The number of methoxy groups -OCH3 is 2. The molecule has 0 aliphatic heterocycles. The number of carbonyl (C=O) groups excluding carboxylic acids is 1. The number of ketones is 1. The van der Waals surface area contributed by atoms with E-state index >= 15 is 0 Å². The second kappa shape index (κ2) is 8.34. The molecule has 24 heavy (non-hydrogen) atoms. The molecule has 2 aromatic rings. The molecule has 3 nitrogen and oxygen atoms in total. The van der Waals surface area contributed by atoms with Crippen LogP contribution in [0.4, 0.5) is 0 Å². The van der Waals surface area contributed by atoms with Crippen LogP contribution in [0.25, 0.3) is 6.08 Å². The van der Waals surface area contributed by atoms with Gasteiger partial charge in [-0.1, -0.05) is 30.4 Å². The highest BCUT2D eigenvalue weighted by molar-refractivity contribution is 5.77. The first-order chi connectivity index (χ1) is 11.6. The molecule has 0 amide bonds. The van der Waals surface area contributed by atoms with Crippen molar-refractivity contribution in [3.8, 4) is 11.5 Å². The quantitative estimate of drug-likeness (QED) is 0.730. The van der Waals surface area contributed by atoms with Crippen LogP contribution in [0, 0.1) is 0 Å². The highest BCUT2D eigenvalue weighted by Crippen LogP contribution is 2.33. The Morgan fingerprint density at radius 3 is 2.25 bits per heavy atom. The summed E-state index contributed by atoms with van der Waals surface area (Å²) >= 11 is 0. The SMILES string of the molecule is CC=Cc1cc(C(CC(C)=O)c2ccc(OC)cc2)ccc1OC. The fraction of sp³-hybridized carbons (Fsp3) is 0.286. The van der Waals surface area contributed by atoms with Crippen LogP contribution in [0.3, 0.4) is 0 Å². The van der Waals surface area contributed by atoms with Crippen molar-refractivity contribution in [2.45, 2.75) is 26.2 Å². The summed E-state index contributed by atoms with van der Waals surface area (Å²) in [6.45, 7) is 3.61. The molecule has 2 aromatic carbocycles. The van der Waals surface area contributed by atoms with Crippen LogP contribution >= 0.6 is 0 Å². The summed E-state index contributed by atoms with van der Waals surface area (Å²) in [5.74, 6) is 1.82. The van der Waals surface area contributed by atoms with Crippen molar-refractivity contribution >= 4 is 11.9 Å². The molecule has 0 saturated heterocycles. The van der Waals surface area contributed by atoms with Gasteiger partial charge in [-0.3, -0.25) is 4.79 Å². The van der Waals surface area contributed by atoms with Gasteiger partial charge in [-0.05, 0) is 49.2 Å². The fourth-order valence-electron chi connectivity index (χ4n) is 2.83. The minimum Gasteiger partial charge on any atom is -0.497 e. The summed E-state index contributed by atoms with van der Waals surface area (Å²) in [5, 5.41) is 0. The summed E-state index contributed by atoms with van der Waals surface area (Å²) in [6.07, 6.45) is 4.46. The standard InChI is InChI=1S/C21H24O3/c1-5-6-18-14-17(9-12-21(18)24-4)20(13-15(2)22)16-7-10-19(23-3)11-8-16/h5-12,14,20H,13H2,1-4H3. The van der Waals surface area contributed by atoms with Crippen LogP contribution in [-0.4, -0.2) is 20.0 Å². The molecular formula is C21H24O3. The molecule has 0 radical (unpaired) electrons. The fourth-order valence-corrected chi connectivity index (χ4v) is 2.83. The summed E-state index contributed by atoms with van der Waals surface area (Å²) < 4.78 is 10.6. The van der Waals surface area contributed by atoms with Gasteiger partial charge in [0.15, 0.2) is 0 Å². The normalized spacial score (nSPS) is 12.2. The Morgan fingerprint density at radius 2 is 1.71 bits per heavy atom. The maximum absolute atomic E-state index is 11.8. The van der Waals surface area contributed by atoms with E-state index in [1.807, 2.05) is 55.5 Å². The number of Topliss-reactive ketones (excluding diaryl/α,β-unsaturated/α-hetero) is 1. The van der Waals surface area contributed by atoms with Crippen molar-refractivity contribution < 1.29 is 14.3 Å². The van der Waals surface area contributed by atoms with Gasteiger partial charge in [0.2, 0.25) is 0 Å². The Balaban J connectivity index is 2.46. The first-order valence-corrected chi connectivity index (χ1v) is 8.03. The molecule has 0 heterocycles. The Morgan fingerprint density at radius 1 is 1.04 bits per heavy atom. The summed E-state index contributed by atoms with van der Waals surface area (Å²) in [7, 11) is 3.31. The predicted octanol–water partition coefficient (Wildman–Crippen LogP) is 4.85. The van der Waals surface area contributed by atoms with Crippen LogP contribution in [0.1, 0.15) is 42.9 Å². The van der Waals surface area contributed by atoms with Crippen molar-refractivity contribution in [3.05, 3.63) is 65.2 Å². The van der Waals surface area contributed by atoms with Crippen molar-refractivity contribution in [2.24, 2.45) is 0 Å². The lowest BCUT2D eigenvalue weighted by atomic mass is 9.86. The highest BCUT2D eigenvalue weighted by atomic mass is 16.5. The van der Waals surface area contributed by atoms with Gasteiger partial charge in [-0.15, -0.1) is 0 Å². The van der Waals surface area contributed by atoms with E-state index in [0.717, 1.165) is 28.2 Å². The lowest BCUT2D eigenvalue weighted by Crippen LogP contribution is -2.07. The van der Waals surface area contributed by atoms with E-state index < -0.39 is 0 Å². The van der Waals surface area contributed by atoms with E-state index in [1.165, 1.54) is 0 Å². The Labute approximate surface area is 143 Å². The molecule has 0 bridgehead atoms. The monoisotopic (exact) mass is 324 g/mol. The number of allylic oxidation sites excluding steroid dienone is 1. The van der Waals surface area contributed by atoms with Gasteiger partial charge in [0.1, 0.15) is 17.3 Å². The zero-order chi connectivity index (χ0) is 17.5. The number of hydrogen-bond donors (Lipinski definition) is 0. The largest absolute Gasteiger partial charge is 0.497 e. The van der Waals surface area contributed by atoms with Crippen LogP contribution in [0.2, 0.25) is 0 Å². The second-order valence-corrected chi connectivity index (χ2v) is 5.73. The lowest BCUT2D eigenvalue weighted by molar-refractivity contribution is -0.117. The molecular weight excluding hydrogens is 300 g/mol. The summed E-state index contributed by atoms with van der Waals surface area (Å²) in [6, 6.07) is 14.0. The average Bonchev–Trinajstić information content (AvgIpc) is 2.60. The van der Waals surface area contributed by atoms with Gasteiger partial charge >= 0.3 is 0 Å². The predicted molar refractivity (Wildman–Crippen MR) is 97.8 cm³/mol. The smallest absolute Gasteiger partial charge is 0.130 e. The molecule has 0 saturated carbocycles. The maximum atomic E-state index is 11.8. The Kier molecular flexibility index (Phi) is 6.19. The molecule has 0 fully saturated rings. The minimum absolute atomic E-state index is 0.0170. The van der Waals surface area contributed by atoms with E-state index in [2.05, 4.69) is 6.07 Å². The minimum atomic E-state index is 0.0170. The molecule has 0 aromatic heterocycles. The van der Waals surface area contributed by atoms with Crippen LogP contribution in [-0.2, 0) is 4.79 Å². The van der Waals surface area contributed by atoms with E-state index in [4.69, 9.17) is 9.47 Å². The summed E-state index contributed by atoms with van der Waals surface area (Å²) in [5.41, 5.74) is 3.21. The maximum Gasteiger partial charge on any atom is 0.130 e. The Bertz CT molecular complexity index is 714. The number of carbonyl (C=O) groups is 1. The van der Waals surface area contributed by atoms with Crippen molar-refractivity contribution in [3.63, 3.8) is 0 Å². The van der Waals surface area contributed by atoms with Gasteiger partial charge in [0.05, 0.1) is 14.2 Å². The van der Waals surface area contributed by atoms with Crippen LogP contribution in [0.5, 0.6) is 11.5 Å². The highest BCUT2D eigenvalue weighted by Gasteiger charge is 2.18. The average molecular weight is 324 g/mol. The molecule has 0 aliphatic carbocycles. The third-order valence-corrected chi connectivity index (χ3v) is 4.01. The number of rotatable bonds is 7. The van der Waals surface area contributed by atoms with Gasteiger partial charge in [0.25, 0.3) is 0 Å². The molecule has 0 aliphatic rings. The van der Waals surface area contributed by atoms with Crippen LogP contribution in [0.15, 0.2) is 48.5 Å². The number of ether oxygens (including phenoxy) is 2. The van der Waals surface area contributed by atoms with E-state index in [-0.39, 0.29) is 11.7 Å². The molecule has 0 spiro atoms. The summed E-state index contributed by atoms with van der Waals surface area (Å²) in [4.78, 5) is 11.8. The van der Waals surface area contributed by atoms with Crippen molar-refractivity contribution in [1.82, 2.24) is 0 Å². The molecule has 1 atom stereocenters. The topological polar surface area (TPSA) is 35.5 Å². The number of hydrogen-bond acceptors (Lipinski definition) is 3. The molecule has 1 unspecified atom stereocenters. The first kappa shape index (κ1) is 17.8. The second-order valence-electron chi connectivity index (χ2n) is 5.73. The first-order valence-electron chi connectivity index (χ1n) is 8.03. The van der Waals surface area contributed by atoms with E-state index in [1.54, 1.807) is 21.1 Å². The third kappa shape index (κ3) is 4.25. The van der Waals surface area contributed by atoms with E-state index in [9.17, 15) is 4.79 Å². The molecule has 126 valence electrons. The van der Waals surface area contributed by atoms with Crippen molar-refractivity contribution in [2.75, 3.05) is 14.2 Å². The molecule has 2 rings (SSSR count). The zero-order valence-electron chi connectivity index (χ0n) is 14.7. The lowest BCUT2D eigenvalue weighted by Gasteiger charge is -2.19. The van der Waals surface area contributed by atoms with Crippen molar-refractivity contribution in [1.29, 1.82) is 0 Å². The Hall–Kier alpha value is -2.55. The molecule has 0 N–H and O–H groups in total. The van der Waals surface area contributed by atoms with Crippen LogP contribution < -0.4 is 9.47 Å². The van der Waals surface area contributed by atoms with Gasteiger partial charge < -0.3 is 9.47 Å².